The summed E-state index contributed by atoms with van der Waals surface area (Å²) in [5.41, 5.74) is -0.120. The van der Waals surface area contributed by atoms with E-state index in [4.69, 9.17) is 9.47 Å². The molecule has 5 heteroatoms. The van der Waals surface area contributed by atoms with Gasteiger partial charge in [0, 0.05) is 24.2 Å². The van der Waals surface area contributed by atoms with Gasteiger partial charge in [0.05, 0.1) is 12.0 Å². The van der Waals surface area contributed by atoms with Crippen molar-refractivity contribution < 1.29 is 24.5 Å². The first-order valence-electron chi connectivity index (χ1n) is 10.5. The van der Waals surface area contributed by atoms with Crippen LogP contribution in [-0.4, -0.2) is 40.8 Å². The Bertz CT molecular complexity index is 715. The molecule has 0 aromatic heterocycles. The average molecular weight is 376 g/mol. The summed E-state index contributed by atoms with van der Waals surface area (Å²) in [6.07, 6.45) is 4.27. The topological polar surface area (TPSA) is 76.0 Å². The number of esters is 1. The predicted molar refractivity (Wildman–Crippen MR) is 98.4 cm³/mol. The van der Waals surface area contributed by atoms with Crippen LogP contribution < -0.4 is 0 Å². The van der Waals surface area contributed by atoms with Crippen LogP contribution in [0.1, 0.15) is 59.3 Å². The minimum atomic E-state index is -1.64. The summed E-state index contributed by atoms with van der Waals surface area (Å²) in [6, 6.07) is 0. The SMILES string of the molecule is C=C1C[C@@H]2C[C@@H](OC(C)=O)[C@H]3[C@]45CCCC(C)(C)[C@H]4[C@H](O)[C@](O)(OC5)[C@]13C2. The maximum Gasteiger partial charge on any atom is 0.302 e. The van der Waals surface area contributed by atoms with Crippen molar-refractivity contribution in [2.75, 3.05) is 6.61 Å². The van der Waals surface area contributed by atoms with Gasteiger partial charge in [-0.15, -0.1) is 0 Å². The monoisotopic (exact) mass is 376 g/mol. The van der Waals surface area contributed by atoms with Gasteiger partial charge in [-0.25, -0.2) is 0 Å². The molecule has 2 heterocycles. The Labute approximate surface area is 161 Å². The van der Waals surface area contributed by atoms with Gasteiger partial charge < -0.3 is 19.7 Å². The van der Waals surface area contributed by atoms with Gasteiger partial charge in [-0.3, -0.25) is 4.79 Å². The van der Waals surface area contributed by atoms with Crippen molar-refractivity contribution in [3.05, 3.63) is 12.2 Å². The van der Waals surface area contributed by atoms with Crippen LogP contribution in [0.15, 0.2) is 12.2 Å². The molecule has 0 unspecified atom stereocenters. The maximum absolute atomic E-state index is 11.9. The molecule has 2 aliphatic heterocycles. The highest BCUT2D eigenvalue weighted by Crippen LogP contribution is 2.78. The molecule has 5 nitrogen and oxygen atoms in total. The molecule has 0 radical (unpaired) electrons. The van der Waals surface area contributed by atoms with Crippen molar-refractivity contribution >= 4 is 5.97 Å². The second kappa shape index (κ2) is 5.17. The van der Waals surface area contributed by atoms with Crippen LogP contribution in [0.2, 0.25) is 0 Å². The third-order valence-electron chi connectivity index (χ3n) is 9.02. The van der Waals surface area contributed by atoms with E-state index in [-0.39, 0.29) is 34.7 Å². The molecule has 0 aromatic carbocycles. The van der Waals surface area contributed by atoms with E-state index < -0.39 is 17.3 Å². The van der Waals surface area contributed by atoms with Gasteiger partial charge in [0.1, 0.15) is 12.2 Å². The quantitative estimate of drug-likeness (QED) is 0.544. The van der Waals surface area contributed by atoms with E-state index in [1.807, 2.05) is 0 Å². The Hall–Kier alpha value is -0.910. The number of ether oxygens (including phenoxy) is 2. The van der Waals surface area contributed by atoms with Crippen molar-refractivity contribution in [1.29, 1.82) is 0 Å². The van der Waals surface area contributed by atoms with Crippen LogP contribution in [0.4, 0.5) is 0 Å². The highest BCUT2D eigenvalue weighted by molar-refractivity contribution is 5.66. The lowest BCUT2D eigenvalue weighted by Crippen LogP contribution is -2.82. The van der Waals surface area contributed by atoms with Gasteiger partial charge in [-0.05, 0) is 43.4 Å². The summed E-state index contributed by atoms with van der Waals surface area (Å²) in [5, 5.41) is 23.4. The molecule has 0 aromatic rings. The third kappa shape index (κ3) is 1.89. The van der Waals surface area contributed by atoms with E-state index in [0.717, 1.165) is 44.1 Å². The molecule has 27 heavy (non-hydrogen) atoms. The second-order valence-corrected chi connectivity index (χ2v) is 10.7. The summed E-state index contributed by atoms with van der Waals surface area (Å²) < 4.78 is 12.0. The molecule has 6 rings (SSSR count). The Kier molecular flexibility index (Phi) is 3.47. The van der Waals surface area contributed by atoms with Crippen molar-refractivity contribution in [3.8, 4) is 0 Å². The lowest BCUT2D eigenvalue weighted by Gasteiger charge is -2.74. The fraction of sp³-hybridized carbons (Fsp3) is 0.864. The zero-order chi connectivity index (χ0) is 19.4. The zero-order valence-corrected chi connectivity index (χ0v) is 16.7. The largest absolute Gasteiger partial charge is 0.462 e. The van der Waals surface area contributed by atoms with Crippen LogP contribution >= 0.6 is 0 Å². The van der Waals surface area contributed by atoms with E-state index in [9.17, 15) is 15.0 Å². The van der Waals surface area contributed by atoms with E-state index in [0.29, 0.717) is 12.5 Å². The van der Waals surface area contributed by atoms with Gasteiger partial charge in [0.15, 0.2) is 0 Å². The Morgan fingerprint density at radius 3 is 2.74 bits per heavy atom. The average Bonchev–Trinajstić information content (AvgIpc) is 2.80. The van der Waals surface area contributed by atoms with E-state index in [1.54, 1.807) is 0 Å². The minimum absolute atomic E-state index is 0.0353. The van der Waals surface area contributed by atoms with Gasteiger partial charge >= 0.3 is 5.97 Å². The summed E-state index contributed by atoms with van der Waals surface area (Å²) in [7, 11) is 0. The Morgan fingerprint density at radius 1 is 1.30 bits per heavy atom. The zero-order valence-electron chi connectivity index (χ0n) is 16.7. The first-order chi connectivity index (χ1) is 12.6. The number of fused-ring (bicyclic) bond motifs is 2. The molecule has 2 spiro atoms. The number of aliphatic hydroxyl groups is 2. The van der Waals surface area contributed by atoms with E-state index >= 15 is 0 Å². The highest BCUT2D eigenvalue weighted by Gasteiger charge is 2.82. The molecular formula is C22H32O5. The number of hydrogen-bond donors (Lipinski definition) is 2. The highest BCUT2D eigenvalue weighted by atomic mass is 16.6. The molecule has 4 aliphatic carbocycles. The summed E-state index contributed by atoms with van der Waals surface area (Å²) in [5.74, 6) is -1.68. The second-order valence-electron chi connectivity index (χ2n) is 10.7. The van der Waals surface area contributed by atoms with Gasteiger partial charge in [-0.1, -0.05) is 32.4 Å². The smallest absolute Gasteiger partial charge is 0.302 e. The molecule has 6 aliphatic rings. The number of aliphatic hydroxyl groups excluding tert-OH is 1. The lowest BCUT2D eigenvalue weighted by atomic mass is 9.36. The van der Waals surface area contributed by atoms with Crippen molar-refractivity contribution in [1.82, 2.24) is 0 Å². The van der Waals surface area contributed by atoms with Gasteiger partial charge in [-0.2, -0.15) is 0 Å². The molecule has 4 bridgehead atoms. The van der Waals surface area contributed by atoms with E-state index in [1.165, 1.54) is 6.92 Å². The summed E-state index contributed by atoms with van der Waals surface area (Å²) in [6.45, 7) is 10.7. The van der Waals surface area contributed by atoms with Crippen molar-refractivity contribution in [3.63, 3.8) is 0 Å². The number of rotatable bonds is 1. The van der Waals surface area contributed by atoms with Crippen molar-refractivity contribution in [2.24, 2.45) is 34.0 Å². The van der Waals surface area contributed by atoms with Crippen LogP contribution in [0.25, 0.3) is 0 Å². The molecule has 0 amide bonds. The summed E-state index contributed by atoms with van der Waals surface area (Å²) >= 11 is 0. The van der Waals surface area contributed by atoms with Gasteiger partial charge in [0.2, 0.25) is 5.79 Å². The maximum atomic E-state index is 11.9. The number of carbonyl (C=O) groups excluding carboxylic acids is 1. The normalized spacial score (nSPS) is 55.0. The van der Waals surface area contributed by atoms with Crippen molar-refractivity contribution in [2.45, 2.75) is 77.3 Å². The molecule has 8 atom stereocenters. The fourth-order valence-electron chi connectivity index (χ4n) is 8.56. The predicted octanol–water partition coefficient (Wildman–Crippen LogP) is 2.80. The third-order valence-corrected chi connectivity index (χ3v) is 9.02. The first-order valence-corrected chi connectivity index (χ1v) is 10.5. The Balaban J connectivity index is 1.74. The van der Waals surface area contributed by atoms with E-state index in [2.05, 4.69) is 20.4 Å². The lowest BCUT2D eigenvalue weighted by molar-refractivity contribution is -0.447. The molecule has 2 saturated heterocycles. The Morgan fingerprint density at radius 2 is 2.04 bits per heavy atom. The number of carbonyl (C=O) groups is 1. The molecular weight excluding hydrogens is 344 g/mol. The van der Waals surface area contributed by atoms with Crippen LogP contribution in [0.3, 0.4) is 0 Å². The summed E-state index contributed by atoms with van der Waals surface area (Å²) in [4.78, 5) is 11.9. The molecule has 4 saturated carbocycles. The molecule has 6 fully saturated rings. The standard InChI is InChI=1S/C22H32O5/c1-12-8-14-9-15(27-13(2)23)16-20-7-5-6-19(3,4)17(20)18(24)22(25,26-11-20)21(12,16)10-14/h14-18,24-25H,1,5-11H2,2-4H3/t14-,15-,16+,17-,18+,20-,21-,22+/m1/s1. The van der Waals surface area contributed by atoms with Crippen LogP contribution in [0.5, 0.6) is 0 Å². The minimum Gasteiger partial charge on any atom is -0.462 e. The number of hydrogen-bond acceptors (Lipinski definition) is 5. The molecule has 2 N–H and O–H groups in total. The first kappa shape index (κ1) is 18.1. The molecule has 150 valence electrons. The van der Waals surface area contributed by atoms with Crippen LogP contribution in [-0.2, 0) is 14.3 Å². The van der Waals surface area contributed by atoms with Crippen LogP contribution in [0, 0.1) is 34.0 Å². The fourth-order valence-corrected chi connectivity index (χ4v) is 8.56. The van der Waals surface area contributed by atoms with Gasteiger partial charge in [0.25, 0.3) is 0 Å².